The molecule has 0 N–H and O–H groups in total. The van der Waals surface area contributed by atoms with Crippen molar-refractivity contribution in [3.63, 3.8) is 0 Å². The Morgan fingerprint density at radius 3 is 2.54 bits per heavy atom. The molecule has 1 aliphatic heterocycles. The van der Waals surface area contributed by atoms with Gasteiger partial charge < -0.3 is 9.80 Å². The number of hydrogen-bond donors (Lipinski definition) is 0. The molecule has 1 fully saturated rings. The van der Waals surface area contributed by atoms with Gasteiger partial charge in [0.2, 0.25) is 0 Å². The summed E-state index contributed by atoms with van der Waals surface area (Å²) in [5.74, 6) is 2.15. The predicted molar refractivity (Wildman–Crippen MR) is 99.6 cm³/mol. The van der Waals surface area contributed by atoms with Gasteiger partial charge in [-0.1, -0.05) is 24.3 Å². The molecule has 4 nitrogen and oxygen atoms in total. The molecule has 0 aliphatic carbocycles. The maximum absolute atomic E-state index is 4.83. The Kier molecular flexibility index (Phi) is 4.03. The van der Waals surface area contributed by atoms with Crippen LogP contribution in [0.1, 0.15) is 12.8 Å². The number of nitrogens with zero attached hydrogens (tertiary/aromatic N) is 4. The van der Waals surface area contributed by atoms with Gasteiger partial charge in [0.25, 0.3) is 0 Å². The highest BCUT2D eigenvalue weighted by Crippen LogP contribution is 2.24. The first kappa shape index (κ1) is 14.9. The van der Waals surface area contributed by atoms with Crippen LogP contribution < -0.4 is 9.80 Å². The Morgan fingerprint density at radius 1 is 0.958 bits per heavy atom. The third-order valence-electron chi connectivity index (χ3n) is 4.93. The van der Waals surface area contributed by atoms with Crippen molar-refractivity contribution < 1.29 is 0 Å². The molecule has 4 rings (SSSR count). The van der Waals surface area contributed by atoms with E-state index < -0.39 is 0 Å². The van der Waals surface area contributed by atoms with Gasteiger partial charge in [-0.3, -0.25) is 0 Å². The summed E-state index contributed by atoms with van der Waals surface area (Å²) in [5, 5.41) is 1.20. The van der Waals surface area contributed by atoms with E-state index in [2.05, 4.69) is 58.2 Å². The molecule has 0 bridgehead atoms. The molecule has 122 valence electrons. The van der Waals surface area contributed by atoms with Gasteiger partial charge in [-0.05, 0) is 43.2 Å². The Labute approximate surface area is 142 Å². The van der Waals surface area contributed by atoms with Crippen LogP contribution in [0.5, 0.6) is 0 Å². The minimum Gasteiger partial charge on any atom is -0.357 e. The second-order valence-electron chi connectivity index (χ2n) is 6.38. The van der Waals surface area contributed by atoms with Crippen LogP contribution in [0.3, 0.4) is 0 Å². The van der Waals surface area contributed by atoms with E-state index in [9.17, 15) is 0 Å². The average molecular weight is 318 g/mol. The van der Waals surface area contributed by atoms with E-state index in [4.69, 9.17) is 4.98 Å². The van der Waals surface area contributed by atoms with Crippen LogP contribution in [0.2, 0.25) is 0 Å². The summed E-state index contributed by atoms with van der Waals surface area (Å²) in [4.78, 5) is 14.0. The van der Waals surface area contributed by atoms with Crippen LogP contribution in [-0.4, -0.2) is 36.1 Å². The Hall–Kier alpha value is -2.62. The molecule has 1 aromatic carbocycles. The van der Waals surface area contributed by atoms with Gasteiger partial charge in [0.15, 0.2) is 0 Å². The molecule has 0 spiro atoms. The van der Waals surface area contributed by atoms with Crippen molar-refractivity contribution in [2.75, 3.05) is 29.9 Å². The van der Waals surface area contributed by atoms with Crippen molar-refractivity contribution in [1.82, 2.24) is 9.97 Å². The molecule has 3 aromatic rings. The van der Waals surface area contributed by atoms with Crippen molar-refractivity contribution in [2.45, 2.75) is 18.9 Å². The highest BCUT2D eigenvalue weighted by atomic mass is 15.2. The van der Waals surface area contributed by atoms with Crippen molar-refractivity contribution in [3.05, 3.63) is 60.8 Å². The van der Waals surface area contributed by atoms with Crippen molar-refractivity contribution in [3.8, 4) is 0 Å². The number of pyridine rings is 2. The van der Waals surface area contributed by atoms with Gasteiger partial charge in [0.1, 0.15) is 11.6 Å². The lowest BCUT2D eigenvalue weighted by Crippen LogP contribution is -2.44. The minimum absolute atomic E-state index is 0.539. The van der Waals surface area contributed by atoms with Crippen LogP contribution in [0.4, 0.5) is 11.6 Å². The molecular formula is C20H22N4. The number of rotatable bonds is 3. The van der Waals surface area contributed by atoms with Crippen LogP contribution in [0, 0.1) is 0 Å². The molecule has 0 radical (unpaired) electrons. The average Bonchev–Trinajstić information content (AvgIpc) is 2.68. The second-order valence-corrected chi connectivity index (χ2v) is 6.38. The zero-order valence-electron chi connectivity index (χ0n) is 14.0. The summed E-state index contributed by atoms with van der Waals surface area (Å²) in [5.41, 5.74) is 1.07. The van der Waals surface area contributed by atoms with E-state index in [-0.39, 0.29) is 0 Å². The number of hydrogen-bond acceptors (Lipinski definition) is 4. The third-order valence-corrected chi connectivity index (χ3v) is 4.93. The fraction of sp³-hybridized carbons (Fsp3) is 0.300. The number of aromatic nitrogens is 2. The highest BCUT2D eigenvalue weighted by molar-refractivity contribution is 5.80. The molecule has 24 heavy (non-hydrogen) atoms. The number of fused-ring (bicyclic) bond motifs is 1. The van der Waals surface area contributed by atoms with Gasteiger partial charge in [0, 0.05) is 37.8 Å². The van der Waals surface area contributed by atoms with Crippen LogP contribution in [0.25, 0.3) is 10.9 Å². The Morgan fingerprint density at radius 2 is 1.75 bits per heavy atom. The van der Waals surface area contributed by atoms with Crippen LogP contribution >= 0.6 is 0 Å². The first-order chi connectivity index (χ1) is 11.8. The smallest absolute Gasteiger partial charge is 0.129 e. The summed E-state index contributed by atoms with van der Waals surface area (Å²) in [6.07, 6.45) is 4.11. The fourth-order valence-corrected chi connectivity index (χ4v) is 3.46. The number of anilines is 2. The quantitative estimate of drug-likeness (QED) is 0.736. The molecular weight excluding hydrogens is 296 g/mol. The lowest BCUT2D eigenvalue weighted by atomic mass is 10.0. The molecule has 0 saturated carbocycles. The van der Waals surface area contributed by atoms with E-state index >= 15 is 0 Å². The number of benzene rings is 1. The largest absolute Gasteiger partial charge is 0.357 e. The third kappa shape index (κ3) is 2.92. The first-order valence-electron chi connectivity index (χ1n) is 8.56. The monoisotopic (exact) mass is 318 g/mol. The summed E-state index contributed by atoms with van der Waals surface area (Å²) in [7, 11) is 2.15. The Bertz CT molecular complexity index is 810. The summed E-state index contributed by atoms with van der Waals surface area (Å²) in [6.45, 7) is 2.07. The van der Waals surface area contributed by atoms with Crippen molar-refractivity contribution in [1.29, 1.82) is 0 Å². The molecule has 1 saturated heterocycles. The summed E-state index contributed by atoms with van der Waals surface area (Å²) >= 11 is 0. The minimum atomic E-state index is 0.539. The molecule has 3 heterocycles. The number of piperidine rings is 1. The van der Waals surface area contributed by atoms with E-state index in [1.54, 1.807) is 0 Å². The highest BCUT2D eigenvalue weighted by Gasteiger charge is 2.24. The standard InChI is InChI=1S/C20H22N4/c1-23(19-8-4-5-13-21-19)17-11-14-24(15-12-17)20-10-9-16-6-2-3-7-18(16)22-20/h2-10,13,17H,11-12,14-15H2,1H3. The second kappa shape index (κ2) is 6.48. The molecule has 1 aliphatic rings. The topological polar surface area (TPSA) is 32.3 Å². The van der Waals surface area contributed by atoms with Gasteiger partial charge in [-0.2, -0.15) is 0 Å². The van der Waals surface area contributed by atoms with Crippen molar-refractivity contribution in [2.24, 2.45) is 0 Å². The zero-order valence-corrected chi connectivity index (χ0v) is 14.0. The lowest BCUT2D eigenvalue weighted by Gasteiger charge is -2.37. The Balaban J connectivity index is 1.45. The summed E-state index contributed by atoms with van der Waals surface area (Å²) < 4.78 is 0. The SMILES string of the molecule is CN(c1ccccn1)C1CCN(c2ccc3ccccc3n2)CC1. The van der Waals surface area contributed by atoms with Crippen LogP contribution in [0.15, 0.2) is 60.8 Å². The molecule has 2 aromatic heterocycles. The number of para-hydroxylation sites is 1. The van der Waals surface area contributed by atoms with E-state index in [0.717, 1.165) is 43.1 Å². The lowest BCUT2D eigenvalue weighted by molar-refractivity contribution is 0.478. The molecule has 0 amide bonds. The van der Waals surface area contributed by atoms with Gasteiger partial charge in [-0.25, -0.2) is 9.97 Å². The maximum atomic E-state index is 4.83. The van der Waals surface area contributed by atoms with E-state index in [1.165, 1.54) is 5.39 Å². The van der Waals surface area contributed by atoms with Gasteiger partial charge >= 0.3 is 0 Å². The fourth-order valence-electron chi connectivity index (χ4n) is 3.46. The maximum Gasteiger partial charge on any atom is 0.129 e. The zero-order chi connectivity index (χ0) is 16.4. The summed E-state index contributed by atoms with van der Waals surface area (Å²) in [6, 6.07) is 19.2. The van der Waals surface area contributed by atoms with Crippen LogP contribution in [-0.2, 0) is 0 Å². The molecule has 0 unspecified atom stereocenters. The van der Waals surface area contributed by atoms with Gasteiger partial charge in [-0.15, -0.1) is 0 Å². The normalized spacial score (nSPS) is 15.6. The first-order valence-corrected chi connectivity index (χ1v) is 8.56. The van der Waals surface area contributed by atoms with E-state index in [1.807, 2.05) is 24.4 Å². The van der Waals surface area contributed by atoms with Gasteiger partial charge in [0.05, 0.1) is 5.52 Å². The van der Waals surface area contributed by atoms with Crippen molar-refractivity contribution >= 4 is 22.5 Å². The molecule has 4 heteroatoms. The predicted octanol–water partition coefficient (Wildman–Crippen LogP) is 3.74. The van der Waals surface area contributed by atoms with E-state index in [0.29, 0.717) is 6.04 Å². The molecule has 0 atom stereocenters.